The van der Waals surface area contributed by atoms with Crippen molar-refractivity contribution in [2.24, 2.45) is 0 Å². The van der Waals surface area contributed by atoms with E-state index in [2.05, 4.69) is 11.6 Å². The van der Waals surface area contributed by atoms with E-state index in [1.807, 2.05) is 6.92 Å². The van der Waals surface area contributed by atoms with Gasteiger partial charge in [0.1, 0.15) is 6.04 Å². The van der Waals surface area contributed by atoms with Crippen molar-refractivity contribution in [3.05, 3.63) is 29.8 Å². The molecular weight excluding hydrogens is 302 g/mol. The van der Waals surface area contributed by atoms with Crippen LogP contribution < -0.4 is 4.72 Å². The molecule has 0 radical (unpaired) electrons. The van der Waals surface area contributed by atoms with Crippen molar-refractivity contribution >= 4 is 16.0 Å². The molecule has 0 aliphatic heterocycles. The number of carbonyl (C=O) groups excluding carboxylic acids is 1. The molecule has 1 atom stereocenters. The maximum Gasteiger partial charge on any atom is 0.323 e. The minimum atomic E-state index is -3.71. The van der Waals surface area contributed by atoms with Gasteiger partial charge in [-0.05, 0) is 32.4 Å². The second-order valence-electron chi connectivity index (χ2n) is 5.38. The number of nitrogens with one attached hydrogen (secondary N) is 1. The van der Waals surface area contributed by atoms with Crippen molar-refractivity contribution < 1.29 is 17.9 Å². The Morgan fingerprint density at radius 1 is 1.18 bits per heavy atom. The van der Waals surface area contributed by atoms with Gasteiger partial charge in [0.2, 0.25) is 10.0 Å². The minimum absolute atomic E-state index is 0.140. The molecule has 6 heteroatoms. The molecule has 0 saturated carbocycles. The Kier molecular flexibility index (Phi) is 7.55. The largest absolute Gasteiger partial charge is 0.465 e. The lowest BCUT2D eigenvalue weighted by molar-refractivity contribution is -0.145. The van der Waals surface area contributed by atoms with Crippen LogP contribution in [-0.4, -0.2) is 27.0 Å². The minimum Gasteiger partial charge on any atom is -0.465 e. The lowest BCUT2D eigenvalue weighted by atomic mass is 10.2. The molecule has 0 aromatic heterocycles. The fraction of sp³-hybridized carbons (Fsp3) is 0.562. The molecule has 5 nitrogen and oxygen atoms in total. The van der Waals surface area contributed by atoms with Crippen molar-refractivity contribution in [2.75, 3.05) is 6.61 Å². The van der Waals surface area contributed by atoms with Crippen LogP contribution in [0.15, 0.2) is 29.2 Å². The van der Waals surface area contributed by atoms with Gasteiger partial charge in [-0.1, -0.05) is 43.9 Å². The van der Waals surface area contributed by atoms with Crippen LogP contribution in [0.25, 0.3) is 0 Å². The first-order chi connectivity index (χ1) is 10.4. The van der Waals surface area contributed by atoms with Crippen LogP contribution in [0.5, 0.6) is 0 Å². The molecule has 0 heterocycles. The third-order valence-corrected chi connectivity index (χ3v) is 4.82. The summed E-state index contributed by atoms with van der Waals surface area (Å²) in [6.45, 7) is 5.80. The number of hydrogen-bond donors (Lipinski definition) is 1. The summed E-state index contributed by atoms with van der Waals surface area (Å²) >= 11 is 0. The van der Waals surface area contributed by atoms with E-state index in [0.717, 1.165) is 31.2 Å². The molecule has 1 N–H and O–H groups in total. The zero-order valence-corrected chi connectivity index (χ0v) is 14.3. The molecule has 0 amide bonds. The van der Waals surface area contributed by atoms with E-state index < -0.39 is 22.0 Å². The third kappa shape index (κ3) is 6.15. The molecular formula is C16H25NO4S. The number of carbonyl (C=O) groups is 1. The summed E-state index contributed by atoms with van der Waals surface area (Å²) < 4.78 is 31.7. The average molecular weight is 327 g/mol. The number of rotatable bonds is 9. The second kappa shape index (κ2) is 8.90. The Balaban J connectivity index is 2.50. The topological polar surface area (TPSA) is 72.5 Å². The van der Waals surface area contributed by atoms with Crippen LogP contribution in [0.2, 0.25) is 0 Å². The van der Waals surface area contributed by atoms with E-state index in [4.69, 9.17) is 4.74 Å². The first-order valence-electron chi connectivity index (χ1n) is 7.62. The van der Waals surface area contributed by atoms with Crippen molar-refractivity contribution in [3.63, 3.8) is 0 Å². The number of unbranched alkanes of at least 4 members (excludes halogenated alkanes) is 3. The van der Waals surface area contributed by atoms with Gasteiger partial charge >= 0.3 is 5.97 Å². The summed E-state index contributed by atoms with van der Waals surface area (Å²) in [7, 11) is -3.71. The lowest BCUT2D eigenvalue weighted by Gasteiger charge is -2.14. The summed E-state index contributed by atoms with van der Waals surface area (Å²) in [6.07, 6.45) is 4.03. The molecule has 0 saturated heterocycles. The van der Waals surface area contributed by atoms with Crippen LogP contribution in [-0.2, 0) is 19.6 Å². The standard InChI is InChI=1S/C16H25NO4S/c1-4-5-6-7-12-21-16(18)14(3)17-22(19,20)15-10-8-13(2)9-11-15/h8-11,14,17H,4-7,12H2,1-3H3. The van der Waals surface area contributed by atoms with Crippen LogP contribution in [0.3, 0.4) is 0 Å². The van der Waals surface area contributed by atoms with Gasteiger partial charge in [0.05, 0.1) is 11.5 Å². The summed E-state index contributed by atoms with van der Waals surface area (Å²) in [6, 6.07) is 5.55. The van der Waals surface area contributed by atoms with Crippen LogP contribution in [0, 0.1) is 6.92 Å². The Morgan fingerprint density at radius 3 is 2.41 bits per heavy atom. The van der Waals surface area contributed by atoms with Gasteiger partial charge in [-0.15, -0.1) is 0 Å². The summed E-state index contributed by atoms with van der Waals surface area (Å²) in [5.41, 5.74) is 0.971. The van der Waals surface area contributed by atoms with Gasteiger partial charge in [0, 0.05) is 0 Å². The Bertz CT molecular complexity index is 566. The zero-order chi connectivity index (χ0) is 16.6. The fourth-order valence-corrected chi connectivity index (χ4v) is 3.09. The molecule has 1 rings (SSSR count). The van der Waals surface area contributed by atoms with E-state index in [0.29, 0.717) is 6.61 Å². The van der Waals surface area contributed by atoms with Crippen molar-refractivity contribution in [1.82, 2.24) is 4.72 Å². The lowest BCUT2D eigenvalue weighted by Crippen LogP contribution is -2.39. The highest BCUT2D eigenvalue weighted by Crippen LogP contribution is 2.11. The molecule has 1 aromatic rings. The number of ether oxygens (including phenoxy) is 1. The highest BCUT2D eigenvalue weighted by molar-refractivity contribution is 7.89. The highest BCUT2D eigenvalue weighted by Gasteiger charge is 2.22. The Labute approximate surface area is 133 Å². The van der Waals surface area contributed by atoms with E-state index in [1.165, 1.54) is 19.1 Å². The Morgan fingerprint density at radius 2 is 1.82 bits per heavy atom. The molecule has 0 fully saturated rings. The van der Waals surface area contributed by atoms with Crippen LogP contribution >= 0.6 is 0 Å². The van der Waals surface area contributed by atoms with E-state index in [9.17, 15) is 13.2 Å². The van der Waals surface area contributed by atoms with Crippen molar-refractivity contribution in [1.29, 1.82) is 0 Å². The summed E-state index contributed by atoms with van der Waals surface area (Å²) in [5.74, 6) is -0.549. The number of esters is 1. The van der Waals surface area contributed by atoms with Crippen LogP contribution in [0.4, 0.5) is 0 Å². The van der Waals surface area contributed by atoms with E-state index >= 15 is 0 Å². The Hall–Kier alpha value is -1.40. The zero-order valence-electron chi connectivity index (χ0n) is 13.5. The average Bonchev–Trinajstić information content (AvgIpc) is 2.46. The summed E-state index contributed by atoms with van der Waals surface area (Å²) in [5, 5.41) is 0. The number of benzene rings is 1. The van der Waals surface area contributed by atoms with Crippen molar-refractivity contribution in [3.8, 4) is 0 Å². The maximum absolute atomic E-state index is 12.2. The molecule has 1 unspecified atom stereocenters. The molecule has 0 bridgehead atoms. The number of sulfonamides is 1. The monoisotopic (exact) mass is 327 g/mol. The van der Waals surface area contributed by atoms with Crippen LogP contribution in [0.1, 0.15) is 45.1 Å². The van der Waals surface area contributed by atoms with Gasteiger partial charge in [-0.3, -0.25) is 4.79 Å². The number of hydrogen-bond acceptors (Lipinski definition) is 4. The predicted octanol–water partition coefficient (Wildman–Crippen LogP) is 2.79. The highest BCUT2D eigenvalue weighted by atomic mass is 32.2. The molecule has 124 valence electrons. The molecule has 0 aliphatic carbocycles. The quantitative estimate of drug-likeness (QED) is 0.559. The summed E-state index contributed by atoms with van der Waals surface area (Å²) in [4.78, 5) is 11.9. The molecule has 22 heavy (non-hydrogen) atoms. The first-order valence-corrected chi connectivity index (χ1v) is 9.10. The first kappa shape index (κ1) is 18.6. The van der Waals surface area contributed by atoms with Gasteiger partial charge in [-0.25, -0.2) is 8.42 Å². The predicted molar refractivity (Wildman–Crippen MR) is 86.1 cm³/mol. The van der Waals surface area contributed by atoms with Gasteiger partial charge in [0.15, 0.2) is 0 Å². The fourth-order valence-electron chi connectivity index (χ4n) is 1.89. The van der Waals surface area contributed by atoms with E-state index in [1.54, 1.807) is 12.1 Å². The normalized spacial score (nSPS) is 12.9. The molecule has 0 aliphatic rings. The van der Waals surface area contributed by atoms with Crippen molar-refractivity contribution in [2.45, 2.75) is 57.4 Å². The maximum atomic E-state index is 12.2. The molecule has 1 aromatic carbocycles. The van der Waals surface area contributed by atoms with Gasteiger partial charge < -0.3 is 4.74 Å². The SMILES string of the molecule is CCCCCCOC(=O)C(C)NS(=O)(=O)c1ccc(C)cc1. The molecule has 0 spiro atoms. The van der Waals surface area contributed by atoms with Gasteiger partial charge in [-0.2, -0.15) is 4.72 Å². The smallest absolute Gasteiger partial charge is 0.323 e. The third-order valence-electron chi connectivity index (χ3n) is 3.26. The van der Waals surface area contributed by atoms with Gasteiger partial charge in [0.25, 0.3) is 0 Å². The van der Waals surface area contributed by atoms with E-state index in [-0.39, 0.29) is 4.90 Å². The second-order valence-corrected chi connectivity index (χ2v) is 7.10. The number of aryl methyl sites for hydroxylation is 1.